The zero-order chi connectivity index (χ0) is 14.5. The Hall–Kier alpha value is -0.100. The van der Waals surface area contributed by atoms with E-state index in [0.717, 1.165) is 24.6 Å². The van der Waals surface area contributed by atoms with Crippen molar-refractivity contribution in [3.8, 4) is 0 Å². The molecule has 1 unspecified atom stereocenters. The molecule has 1 atom stereocenters. The predicted molar refractivity (Wildman–Crippen MR) is 81.2 cm³/mol. The SMILES string of the molecule is CCC(CC)(CBr)CNC(=O)C1CCCCS1(=O)=O. The van der Waals surface area contributed by atoms with Crippen LogP contribution >= 0.6 is 15.9 Å². The van der Waals surface area contributed by atoms with Gasteiger partial charge in [-0.15, -0.1) is 0 Å². The fourth-order valence-electron chi connectivity index (χ4n) is 2.37. The number of nitrogens with one attached hydrogen (secondary N) is 1. The number of amides is 1. The fraction of sp³-hybridized carbons (Fsp3) is 0.923. The summed E-state index contributed by atoms with van der Waals surface area (Å²) in [6.45, 7) is 4.72. The number of carbonyl (C=O) groups is 1. The lowest BCUT2D eigenvalue weighted by Gasteiger charge is -2.31. The Morgan fingerprint density at radius 1 is 1.32 bits per heavy atom. The third kappa shape index (κ3) is 4.18. The molecule has 4 nitrogen and oxygen atoms in total. The van der Waals surface area contributed by atoms with Gasteiger partial charge in [-0.2, -0.15) is 0 Å². The predicted octanol–water partition coefficient (Wildman–Crippen LogP) is 2.27. The first kappa shape index (κ1) is 17.0. The van der Waals surface area contributed by atoms with Crippen LogP contribution in [0.2, 0.25) is 0 Å². The summed E-state index contributed by atoms with van der Waals surface area (Å²) in [6.07, 6.45) is 3.87. The quantitative estimate of drug-likeness (QED) is 0.745. The van der Waals surface area contributed by atoms with Crippen molar-refractivity contribution in [2.24, 2.45) is 5.41 Å². The molecule has 0 aromatic rings. The van der Waals surface area contributed by atoms with Crippen molar-refractivity contribution in [1.29, 1.82) is 0 Å². The monoisotopic (exact) mass is 353 g/mol. The molecule has 19 heavy (non-hydrogen) atoms. The van der Waals surface area contributed by atoms with Crippen LogP contribution in [0.25, 0.3) is 0 Å². The molecule has 6 heteroatoms. The summed E-state index contributed by atoms with van der Waals surface area (Å²) in [5, 5.41) is 2.83. The summed E-state index contributed by atoms with van der Waals surface area (Å²) < 4.78 is 23.8. The largest absolute Gasteiger partial charge is 0.354 e. The van der Waals surface area contributed by atoms with Crippen LogP contribution < -0.4 is 5.32 Å². The van der Waals surface area contributed by atoms with Crippen LogP contribution in [-0.2, 0) is 14.6 Å². The molecule has 1 fully saturated rings. The van der Waals surface area contributed by atoms with Gasteiger partial charge in [0.25, 0.3) is 0 Å². The highest BCUT2D eigenvalue weighted by Gasteiger charge is 2.35. The van der Waals surface area contributed by atoms with Gasteiger partial charge < -0.3 is 5.32 Å². The lowest BCUT2D eigenvalue weighted by molar-refractivity contribution is -0.121. The molecule has 112 valence electrons. The maximum Gasteiger partial charge on any atom is 0.238 e. The van der Waals surface area contributed by atoms with E-state index in [1.807, 2.05) is 0 Å². The second-order valence-corrected chi connectivity index (χ2v) is 8.27. The number of hydrogen-bond donors (Lipinski definition) is 1. The van der Waals surface area contributed by atoms with Crippen LogP contribution in [0.4, 0.5) is 0 Å². The normalized spacial score (nSPS) is 23.0. The van der Waals surface area contributed by atoms with Gasteiger partial charge in [-0.05, 0) is 31.1 Å². The van der Waals surface area contributed by atoms with Gasteiger partial charge in [0.15, 0.2) is 9.84 Å². The third-order valence-electron chi connectivity index (χ3n) is 4.29. The van der Waals surface area contributed by atoms with Gasteiger partial charge in [0.1, 0.15) is 5.25 Å². The maximum absolute atomic E-state index is 12.1. The van der Waals surface area contributed by atoms with E-state index < -0.39 is 15.1 Å². The summed E-state index contributed by atoms with van der Waals surface area (Å²) in [7, 11) is -3.23. The first-order valence-corrected chi connectivity index (χ1v) is 9.79. The van der Waals surface area contributed by atoms with Gasteiger partial charge >= 0.3 is 0 Å². The minimum Gasteiger partial charge on any atom is -0.354 e. The van der Waals surface area contributed by atoms with E-state index in [-0.39, 0.29) is 17.1 Å². The third-order valence-corrected chi connectivity index (χ3v) is 7.66. The minimum absolute atomic E-state index is 0.0219. The van der Waals surface area contributed by atoms with E-state index in [4.69, 9.17) is 0 Å². The number of halogens is 1. The van der Waals surface area contributed by atoms with Gasteiger partial charge in [-0.1, -0.05) is 36.2 Å². The summed E-state index contributed by atoms with van der Waals surface area (Å²) in [5.41, 5.74) is 0.0219. The molecule has 0 aliphatic carbocycles. The van der Waals surface area contributed by atoms with Crippen molar-refractivity contribution in [2.45, 2.75) is 51.2 Å². The molecular formula is C13H24BrNO3S. The lowest BCUT2D eigenvalue weighted by Crippen LogP contribution is -2.46. The Morgan fingerprint density at radius 2 is 1.95 bits per heavy atom. The molecule has 0 radical (unpaired) electrons. The van der Waals surface area contributed by atoms with Crippen molar-refractivity contribution < 1.29 is 13.2 Å². The van der Waals surface area contributed by atoms with E-state index in [1.165, 1.54) is 0 Å². The standard InChI is InChI=1S/C13H24BrNO3S/c1-3-13(4-2,9-14)10-15-12(16)11-7-5-6-8-19(11,17)18/h11H,3-10H2,1-2H3,(H,15,16). The number of rotatable bonds is 6. The molecule has 0 spiro atoms. The number of hydrogen-bond acceptors (Lipinski definition) is 3. The highest BCUT2D eigenvalue weighted by molar-refractivity contribution is 9.09. The van der Waals surface area contributed by atoms with E-state index in [9.17, 15) is 13.2 Å². The molecule has 0 aromatic heterocycles. The van der Waals surface area contributed by atoms with E-state index >= 15 is 0 Å². The summed E-state index contributed by atoms with van der Waals surface area (Å²) in [6, 6.07) is 0. The number of carbonyl (C=O) groups excluding carboxylic acids is 1. The van der Waals surface area contributed by atoms with Gasteiger partial charge in [-0.25, -0.2) is 8.42 Å². The molecule has 0 aromatic carbocycles. The molecule has 1 aliphatic rings. The Kier molecular flexibility index (Phi) is 6.30. The zero-order valence-corrected chi connectivity index (χ0v) is 14.1. The average Bonchev–Trinajstić information content (AvgIpc) is 2.40. The Bertz CT molecular complexity index is 396. The average molecular weight is 354 g/mol. The van der Waals surface area contributed by atoms with Crippen molar-refractivity contribution >= 4 is 31.7 Å². The van der Waals surface area contributed by atoms with Gasteiger partial charge in [0.05, 0.1) is 5.75 Å². The highest BCUT2D eigenvalue weighted by atomic mass is 79.9. The van der Waals surface area contributed by atoms with Crippen molar-refractivity contribution in [1.82, 2.24) is 5.32 Å². The molecule has 1 saturated heterocycles. The Labute approximate surface area is 124 Å². The fourth-order valence-corrected chi connectivity index (χ4v) is 5.19. The number of sulfone groups is 1. The van der Waals surface area contributed by atoms with Crippen LogP contribution in [0.1, 0.15) is 46.0 Å². The van der Waals surface area contributed by atoms with Gasteiger partial charge in [-0.3, -0.25) is 4.79 Å². The smallest absolute Gasteiger partial charge is 0.238 e. The molecule has 1 N–H and O–H groups in total. The van der Waals surface area contributed by atoms with Crippen molar-refractivity contribution in [3.05, 3.63) is 0 Å². The maximum atomic E-state index is 12.1. The van der Waals surface area contributed by atoms with Crippen LogP contribution in [0.5, 0.6) is 0 Å². The molecule has 0 saturated carbocycles. The topological polar surface area (TPSA) is 63.2 Å². The number of alkyl halides is 1. The van der Waals surface area contributed by atoms with Crippen LogP contribution in [0.15, 0.2) is 0 Å². The Balaban J connectivity index is 2.64. The summed E-state index contributed by atoms with van der Waals surface area (Å²) in [4.78, 5) is 12.1. The Morgan fingerprint density at radius 3 is 2.42 bits per heavy atom. The molecular weight excluding hydrogens is 330 g/mol. The van der Waals surface area contributed by atoms with Crippen molar-refractivity contribution in [3.63, 3.8) is 0 Å². The molecule has 1 rings (SSSR count). The summed E-state index contributed by atoms with van der Waals surface area (Å²) in [5.74, 6) is -0.164. The molecule has 0 bridgehead atoms. The first-order chi connectivity index (χ1) is 8.90. The van der Waals surface area contributed by atoms with Gasteiger partial charge in [0, 0.05) is 11.9 Å². The second kappa shape index (κ2) is 7.07. The first-order valence-electron chi connectivity index (χ1n) is 6.96. The van der Waals surface area contributed by atoms with Crippen molar-refractivity contribution in [2.75, 3.05) is 17.6 Å². The van der Waals surface area contributed by atoms with E-state index in [2.05, 4.69) is 35.1 Å². The minimum atomic E-state index is -3.23. The molecule has 1 aliphatic heterocycles. The molecule has 1 amide bonds. The van der Waals surface area contributed by atoms with E-state index in [0.29, 0.717) is 19.4 Å². The van der Waals surface area contributed by atoms with E-state index in [1.54, 1.807) is 0 Å². The lowest BCUT2D eigenvalue weighted by atomic mass is 9.84. The van der Waals surface area contributed by atoms with Crippen LogP contribution in [0.3, 0.4) is 0 Å². The van der Waals surface area contributed by atoms with Crippen LogP contribution in [-0.4, -0.2) is 37.2 Å². The highest BCUT2D eigenvalue weighted by Crippen LogP contribution is 2.28. The molecule has 1 heterocycles. The van der Waals surface area contributed by atoms with Crippen LogP contribution in [0, 0.1) is 5.41 Å². The zero-order valence-electron chi connectivity index (χ0n) is 11.7. The second-order valence-electron chi connectivity index (χ2n) is 5.41. The van der Waals surface area contributed by atoms with Gasteiger partial charge in [0.2, 0.25) is 5.91 Å². The summed E-state index contributed by atoms with van der Waals surface area (Å²) >= 11 is 3.49.